The van der Waals surface area contributed by atoms with E-state index in [0.29, 0.717) is 12.2 Å². The molecule has 0 aromatic carbocycles. The summed E-state index contributed by atoms with van der Waals surface area (Å²) < 4.78 is 0. The van der Waals surface area contributed by atoms with Crippen LogP contribution in [-0.2, 0) is 4.79 Å². The Bertz CT molecular complexity index is 277. The van der Waals surface area contributed by atoms with Crippen LogP contribution in [0.5, 0.6) is 0 Å². The summed E-state index contributed by atoms with van der Waals surface area (Å²) in [6, 6.07) is 0.417. The molecule has 0 saturated carbocycles. The molecule has 0 bridgehead atoms. The second kappa shape index (κ2) is 6.62. The van der Waals surface area contributed by atoms with Crippen molar-refractivity contribution in [2.75, 3.05) is 0 Å². The maximum absolute atomic E-state index is 11.4. The SMILES string of the molecule is CC(C)C(=O)CCCCC[C@H]1NC(=O)N[C@H]1C. The van der Waals surface area contributed by atoms with E-state index in [1.165, 1.54) is 0 Å². The highest BCUT2D eigenvalue weighted by Crippen LogP contribution is 2.12. The third-order valence-corrected chi connectivity index (χ3v) is 3.36. The smallest absolute Gasteiger partial charge is 0.315 e. The Kier molecular flexibility index (Phi) is 5.45. The summed E-state index contributed by atoms with van der Waals surface area (Å²) in [4.78, 5) is 22.4. The standard InChI is InChI=1S/C13H24N2O2/c1-9(2)12(16)8-6-4-5-7-11-10(3)14-13(17)15-11/h9-11H,4-8H2,1-3H3,(H2,14,15,17)/t10-,11+/m0/s1. The Morgan fingerprint density at radius 3 is 2.47 bits per heavy atom. The van der Waals surface area contributed by atoms with Crippen molar-refractivity contribution in [1.82, 2.24) is 10.6 Å². The number of Topliss-reactive ketones (excluding diaryl/α,β-unsaturated/α-hetero) is 1. The van der Waals surface area contributed by atoms with Crippen molar-refractivity contribution in [2.45, 2.75) is 65.0 Å². The van der Waals surface area contributed by atoms with Crippen LogP contribution in [0.4, 0.5) is 4.79 Å². The first-order valence-electron chi connectivity index (χ1n) is 6.60. The van der Waals surface area contributed by atoms with E-state index in [-0.39, 0.29) is 24.0 Å². The van der Waals surface area contributed by atoms with E-state index < -0.39 is 0 Å². The lowest BCUT2D eigenvalue weighted by molar-refractivity contribution is -0.122. The van der Waals surface area contributed by atoms with Crippen molar-refractivity contribution in [3.05, 3.63) is 0 Å². The molecule has 0 radical (unpaired) electrons. The Morgan fingerprint density at radius 1 is 1.24 bits per heavy atom. The lowest BCUT2D eigenvalue weighted by atomic mass is 10.00. The largest absolute Gasteiger partial charge is 0.334 e. The van der Waals surface area contributed by atoms with Crippen LogP contribution >= 0.6 is 0 Å². The summed E-state index contributed by atoms with van der Waals surface area (Å²) >= 11 is 0. The molecule has 1 saturated heterocycles. The fourth-order valence-electron chi connectivity index (χ4n) is 2.09. The summed E-state index contributed by atoms with van der Waals surface area (Å²) in [5, 5.41) is 5.74. The van der Waals surface area contributed by atoms with Gasteiger partial charge in [-0.3, -0.25) is 4.79 Å². The zero-order valence-electron chi connectivity index (χ0n) is 11.1. The van der Waals surface area contributed by atoms with Gasteiger partial charge in [-0.1, -0.05) is 26.7 Å². The van der Waals surface area contributed by atoms with Crippen molar-refractivity contribution < 1.29 is 9.59 Å². The molecule has 1 fully saturated rings. The van der Waals surface area contributed by atoms with Gasteiger partial charge in [0, 0.05) is 18.4 Å². The fraction of sp³-hybridized carbons (Fsp3) is 0.846. The molecule has 1 rings (SSSR count). The highest BCUT2D eigenvalue weighted by molar-refractivity contribution is 5.80. The number of carbonyl (C=O) groups excluding carboxylic acids is 2. The van der Waals surface area contributed by atoms with E-state index in [0.717, 1.165) is 25.7 Å². The average molecular weight is 240 g/mol. The predicted octanol–water partition coefficient (Wildman–Crippen LogP) is 2.23. The molecule has 98 valence electrons. The number of ketones is 1. The van der Waals surface area contributed by atoms with E-state index in [4.69, 9.17) is 0 Å². The van der Waals surface area contributed by atoms with Crippen LogP contribution in [0.25, 0.3) is 0 Å². The molecule has 0 aromatic rings. The van der Waals surface area contributed by atoms with Gasteiger partial charge in [-0.25, -0.2) is 4.79 Å². The summed E-state index contributed by atoms with van der Waals surface area (Å²) in [6.45, 7) is 5.92. The van der Waals surface area contributed by atoms with Crippen LogP contribution in [-0.4, -0.2) is 23.9 Å². The molecule has 1 aliphatic rings. The normalized spacial score (nSPS) is 23.6. The number of unbranched alkanes of at least 4 members (excludes halogenated alkanes) is 2. The number of carbonyl (C=O) groups is 2. The lowest BCUT2D eigenvalue weighted by Gasteiger charge is -2.13. The average Bonchev–Trinajstić information content (AvgIpc) is 2.56. The summed E-state index contributed by atoms with van der Waals surface area (Å²) in [6.07, 6.45) is 4.80. The first kappa shape index (κ1) is 14.0. The van der Waals surface area contributed by atoms with E-state index in [9.17, 15) is 9.59 Å². The van der Waals surface area contributed by atoms with Crippen molar-refractivity contribution in [3.63, 3.8) is 0 Å². The zero-order chi connectivity index (χ0) is 12.8. The van der Waals surface area contributed by atoms with Crippen LogP contribution < -0.4 is 10.6 Å². The zero-order valence-corrected chi connectivity index (χ0v) is 11.1. The van der Waals surface area contributed by atoms with Crippen LogP contribution in [0, 0.1) is 5.92 Å². The van der Waals surface area contributed by atoms with E-state index in [1.807, 2.05) is 20.8 Å². The van der Waals surface area contributed by atoms with Gasteiger partial charge in [0.2, 0.25) is 0 Å². The van der Waals surface area contributed by atoms with E-state index in [2.05, 4.69) is 10.6 Å². The molecule has 4 nitrogen and oxygen atoms in total. The molecule has 4 heteroatoms. The minimum Gasteiger partial charge on any atom is -0.334 e. The van der Waals surface area contributed by atoms with Crippen LogP contribution in [0.1, 0.15) is 52.9 Å². The van der Waals surface area contributed by atoms with Gasteiger partial charge in [0.05, 0.1) is 6.04 Å². The molecule has 0 spiro atoms. The Labute approximate surface area is 104 Å². The summed E-state index contributed by atoms with van der Waals surface area (Å²) in [5.41, 5.74) is 0. The highest BCUT2D eigenvalue weighted by Gasteiger charge is 2.26. The molecule has 0 aliphatic carbocycles. The molecule has 0 unspecified atom stereocenters. The van der Waals surface area contributed by atoms with Gasteiger partial charge in [-0.2, -0.15) is 0 Å². The number of rotatable bonds is 7. The van der Waals surface area contributed by atoms with Crippen LogP contribution in [0.15, 0.2) is 0 Å². The van der Waals surface area contributed by atoms with Crippen molar-refractivity contribution in [2.24, 2.45) is 5.92 Å². The van der Waals surface area contributed by atoms with Gasteiger partial charge in [0.15, 0.2) is 0 Å². The minimum atomic E-state index is -0.0579. The predicted molar refractivity (Wildman–Crippen MR) is 67.8 cm³/mol. The monoisotopic (exact) mass is 240 g/mol. The second-order valence-corrected chi connectivity index (χ2v) is 5.23. The Morgan fingerprint density at radius 2 is 1.94 bits per heavy atom. The highest BCUT2D eigenvalue weighted by atomic mass is 16.2. The maximum Gasteiger partial charge on any atom is 0.315 e. The topological polar surface area (TPSA) is 58.2 Å². The number of hydrogen-bond donors (Lipinski definition) is 2. The first-order chi connectivity index (χ1) is 8.00. The van der Waals surface area contributed by atoms with Crippen molar-refractivity contribution in [3.8, 4) is 0 Å². The lowest BCUT2D eigenvalue weighted by Crippen LogP contribution is -2.30. The molecule has 2 amide bonds. The van der Waals surface area contributed by atoms with Gasteiger partial charge in [-0.15, -0.1) is 0 Å². The molecule has 17 heavy (non-hydrogen) atoms. The number of amides is 2. The van der Waals surface area contributed by atoms with Crippen molar-refractivity contribution >= 4 is 11.8 Å². The second-order valence-electron chi connectivity index (χ2n) is 5.23. The number of urea groups is 1. The maximum atomic E-state index is 11.4. The summed E-state index contributed by atoms with van der Waals surface area (Å²) in [7, 11) is 0. The first-order valence-corrected chi connectivity index (χ1v) is 6.60. The Balaban J connectivity index is 2.05. The van der Waals surface area contributed by atoms with Crippen molar-refractivity contribution in [1.29, 1.82) is 0 Å². The molecule has 1 heterocycles. The molecular weight excluding hydrogens is 216 g/mol. The quantitative estimate of drug-likeness (QED) is 0.670. The molecule has 1 aliphatic heterocycles. The molecule has 0 aromatic heterocycles. The van der Waals surface area contributed by atoms with Gasteiger partial charge in [-0.05, 0) is 19.8 Å². The third kappa shape index (κ3) is 4.75. The summed E-state index contributed by atoms with van der Waals surface area (Å²) in [5.74, 6) is 0.516. The van der Waals surface area contributed by atoms with Crippen LogP contribution in [0.3, 0.4) is 0 Å². The number of nitrogens with one attached hydrogen (secondary N) is 2. The van der Waals surface area contributed by atoms with Gasteiger partial charge >= 0.3 is 6.03 Å². The van der Waals surface area contributed by atoms with Gasteiger partial charge in [0.25, 0.3) is 0 Å². The van der Waals surface area contributed by atoms with Gasteiger partial charge < -0.3 is 10.6 Å². The van der Waals surface area contributed by atoms with Crippen LogP contribution in [0.2, 0.25) is 0 Å². The Hall–Kier alpha value is -1.06. The molecule has 2 atom stereocenters. The third-order valence-electron chi connectivity index (χ3n) is 3.36. The van der Waals surface area contributed by atoms with E-state index in [1.54, 1.807) is 0 Å². The molecule has 2 N–H and O–H groups in total. The number of hydrogen-bond acceptors (Lipinski definition) is 2. The van der Waals surface area contributed by atoms with E-state index >= 15 is 0 Å². The molecular formula is C13H24N2O2. The minimum absolute atomic E-state index is 0.0579. The van der Waals surface area contributed by atoms with Gasteiger partial charge in [0.1, 0.15) is 5.78 Å². The fourth-order valence-corrected chi connectivity index (χ4v) is 2.09.